The van der Waals surface area contributed by atoms with Crippen LogP contribution in [0.3, 0.4) is 0 Å². The molecule has 0 fully saturated rings. The quantitative estimate of drug-likeness (QED) is 0.291. The second kappa shape index (κ2) is 12.2. The van der Waals surface area contributed by atoms with Gasteiger partial charge in [-0.15, -0.1) is 0 Å². The Labute approximate surface area is 163 Å². The van der Waals surface area contributed by atoms with Gasteiger partial charge in [0.05, 0.1) is 19.8 Å². The number of pyridine rings is 1. The van der Waals surface area contributed by atoms with Crippen LogP contribution in [0.2, 0.25) is 0 Å². The van der Waals surface area contributed by atoms with Gasteiger partial charge in [0.25, 0.3) is 0 Å². The molecule has 140 valence electrons. The summed E-state index contributed by atoms with van der Waals surface area (Å²) in [5.74, 6) is -0.811. The lowest BCUT2D eigenvalue weighted by atomic mass is 10.2. The maximum absolute atomic E-state index is 12.0. The smallest absolute Gasteiger partial charge is 0.372 e. The molecule has 0 aliphatic rings. The van der Waals surface area contributed by atoms with Gasteiger partial charge in [-0.25, -0.2) is 9.59 Å². The van der Waals surface area contributed by atoms with Crippen LogP contribution >= 0.6 is 0 Å². The van der Waals surface area contributed by atoms with Crippen molar-refractivity contribution in [2.24, 2.45) is 0 Å². The summed E-state index contributed by atoms with van der Waals surface area (Å²) >= 11 is 0. The van der Waals surface area contributed by atoms with Gasteiger partial charge in [0, 0.05) is 6.07 Å². The second-order valence-electron chi connectivity index (χ2n) is 5.24. The summed E-state index contributed by atoms with van der Waals surface area (Å²) in [6.45, 7) is 3.08. The van der Waals surface area contributed by atoms with E-state index in [4.69, 9.17) is 14.2 Å². The number of hydrogen-bond acceptors (Lipinski definition) is 5. The van der Waals surface area contributed by atoms with Crippen LogP contribution in [0.1, 0.15) is 22.8 Å². The maximum atomic E-state index is 12.0. The highest BCUT2D eigenvalue weighted by molar-refractivity contribution is 5.88. The molecule has 1 aromatic carbocycles. The lowest BCUT2D eigenvalue weighted by molar-refractivity contribution is -0.686. The fraction of sp³-hybridized carbons (Fsp3) is 0.316. The van der Waals surface area contributed by atoms with Crippen LogP contribution in [0.15, 0.2) is 54.9 Å². The van der Waals surface area contributed by atoms with Crippen LogP contribution in [-0.2, 0) is 32.2 Å². The minimum atomic E-state index is -0.457. The number of benzene rings is 1. The molecule has 0 radical (unpaired) electrons. The van der Waals surface area contributed by atoms with E-state index in [0.29, 0.717) is 25.4 Å². The van der Waals surface area contributed by atoms with Crippen LogP contribution in [0.5, 0.6) is 0 Å². The van der Waals surface area contributed by atoms with Gasteiger partial charge in [0.2, 0.25) is 6.54 Å². The Bertz CT molecular complexity index is 693. The molecule has 0 saturated carbocycles. The van der Waals surface area contributed by atoms with E-state index in [-0.39, 0.29) is 36.1 Å². The summed E-state index contributed by atoms with van der Waals surface area (Å²) in [6.07, 6.45) is 3.25. The molecule has 2 aromatic rings. The molecule has 0 bridgehead atoms. The van der Waals surface area contributed by atoms with E-state index in [0.717, 1.165) is 5.56 Å². The van der Waals surface area contributed by atoms with Gasteiger partial charge in [0.15, 0.2) is 12.4 Å². The van der Waals surface area contributed by atoms with Gasteiger partial charge in [-0.1, -0.05) is 30.3 Å². The summed E-state index contributed by atoms with van der Waals surface area (Å²) in [5.41, 5.74) is 1.44. The number of esters is 2. The molecule has 0 spiro atoms. The average molecular weight is 424 g/mol. The Morgan fingerprint density at radius 1 is 1.00 bits per heavy atom. The van der Waals surface area contributed by atoms with E-state index in [9.17, 15) is 9.59 Å². The first-order chi connectivity index (χ1) is 12.2. The molecule has 0 N–H and O–H groups in total. The van der Waals surface area contributed by atoms with Gasteiger partial charge < -0.3 is 31.2 Å². The van der Waals surface area contributed by atoms with Crippen LogP contribution < -0.4 is 21.5 Å². The van der Waals surface area contributed by atoms with E-state index in [1.165, 1.54) is 0 Å². The largest absolute Gasteiger partial charge is 1.00 e. The summed E-state index contributed by atoms with van der Waals surface area (Å²) in [5, 5.41) is 0. The van der Waals surface area contributed by atoms with Crippen molar-refractivity contribution in [3.05, 3.63) is 66.0 Å². The van der Waals surface area contributed by atoms with Crippen molar-refractivity contribution < 1.29 is 45.3 Å². The lowest BCUT2D eigenvalue weighted by Gasteiger charge is -2.06. The average Bonchev–Trinajstić information content (AvgIpc) is 2.62. The Morgan fingerprint density at radius 2 is 1.77 bits per heavy atom. The van der Waals surface area contributed by atoms with Crippen molar-refractivity contribution in [1.82, 2.24) is 0 Å². The zero-order chi connectivity index (χ0) is 17.9. The molecule has 0 atom stereocenters. The minimum absolute atomic E-state index is 0. The summed E-state index contributed by atoms with van der Waals surface area (Å²) in [7, 11) is 0. The molecule has 0 aliphatic carbocycles. The number of carbonyl (C=O) groups is 2. The predicted octanol–water partition coefficient (Wildman–Crippen LogP) is -1.09. The Kier molecular flexibility index (Phi) is 10.2. The molecule has 2 rings (SSSR count). The molecule has 0 unspecified atom stereocenters. The van der Waals surface area contributed by atoms with Gasteiger partial charge in [-0.2, -0.15) is 4.57 Å². The molecule has 6 nitrogen and oxygen atoms in total. The monoisotopic (exact) mass is 423 g/mol. The van der Waals surface area contributed by atoms with Crippen LogP contribution in [0.25, 0.3) is 0 Å². The minimum Gasteiger partial charge on any atom is -1.00 e. The number of hydrogen-bond donors (Lipinski definition) is 0. The lowest BCUT2D eigenvalue weighted by Crippen LogP contribution is -3.00. The number of halogens is 1. The predicted molar refractivity (Wildman–Crippen MR) is 89.7 cm³/mol. The van der Waals surface area contributed by atoms with E-state index in [2.05, 4.69) is 0 Å². The highest BCUT2D eigenvalue weighted by Gasteiger charge is 2.15. The number of ether oxygens (including phenoxy) is 3. The summed E-state index contributed by atoms with van der Waals surface area (Å²) < 4.78 is 17.1. The molecule has 1 aromatic heterocycles. The van der Waals surface area contributed by atoms with Gasteiger partial charge in [-0.3, -0.25) is 0 Å². The Balaban J connectivity index is 0.00000338. The molecule has 7 heteroatoms. The first kappa shape index (κ1) is 21.8. The summed E-state index contributed by atoms with van der Waals surface area (Å²) in [4.78, 5) is 23.5. The highest BCUT2D eigenvalue weighted by Crippen LogP contribution is 2.01. The van der Waals surface area contributed by atoms with Gasteiger partial charge in [0.1, 0.15) is 12.2 Å². The molecule has 26 heavy (non-hydrogen) atoms. The Morgan fingerprint density at radius 3 is 2.50 bits per heavy atom. The normalized spacial score (nSPS) is 9.88. The first-order valence-electron chi connectivity index (χ1n) is 8.12. The third kappa shape index (κ3) is 7.76. The molecule has 0 aliphatic heterocycles. The third-order valence-corrected chi connectivity index (χ3v) is 3.28. The molecular weight excluding hydrogens is 402 g/mol. The molecular formula is C19H22BrNO5. The molecule has 0 saturated heterocycles. The zero-order valence-corrected chi connectivity index (χ0v) is 16.2. The number of aromatic nitrogens is 1. The van der Waals surface area contributed by atoms with Crippen molar-refractivity contribution in [2.75, 3.05) is 19.8 Å². The maximum Gasteiger partial charge on any atom is 0.372 e. The number of rotatable bonds is 9. The third-order valence-electron chi connectivity index (χ3n) is 3.28. The second-order valence-corrected chi connectivity index (χ2v) is 5.24. The zero-order valence-electron chi connectivity index (χ0n) is 14.6. The van der Waals surface area contributed by atoms with Crippen LogP contribution in [0.4, 0.5) is 0 Å². The van der Waals surface area contributed by atoms with Crippen molar-refractivity contribution in [3.63, 3.8) is 0 Å². The summed E-state index contributed by atoms with van der Waals surface area (Å²) in [6, 6.07) is 13.1. The van der Waals surface area contributed by atoms with Gasteiger partial charge in [-0.05, 0) is 18.6 Å². The fourth-order valence-corrected chi connectivity index (χ4v) is 2.14. The van der Waals surface area contributed by atoms with Gasteiger partial charge >= 0.3 is 11.9 Å². The van der Waals surface area contributed by atoms with Crippen molar-refractivity contribution in [2.45, 2.75) is 20.1 Å². The van der Waals surface area contributed by atoms with Crippen molar-refractivity contribution in [1.29, 1.82) is 0 Å². The number of nitrogens with zero attached hydrogens (tertiary/aromatic N) is 1. The fourth-order valence-electron chi connectivity index (χ4n) is 2.14. The topological polar surface area (TPSA) is 65.7 Å². The first-order valence-corrected chi connectivity index (χ1v) is 8.12. The van der Waals surface area contributed by atoms with Crippen LogP contribution in [-0.4, -0.2) is 31.8 Å². The van der Waals surface area contributed by atoms with Crippen LogP contribution in [0, 0.1) is 0 Å². The molecule has 1 heterocycles. The van der Waals surface area contributed by atoms with E-state index in [1.54, 1.807) is 36.0 Å². The Hall–Kier alpha value is -2.25. The van der Waals surface area contributed by atoms with Crippen molar-refractivity contribution >= 4 is 11.9 Å². The van der Waals surface area contributed by atoms with E-state index >= 15 is 0 Å². The standard InChI is InChI=1S/C19H22NO5.BrH/c1-2-24-18(21)14-20-10-6-9-17(13-20)19(22)25-12-11-23-15-16-7-4-3-5-8-16;/h3-10,13H,2,11-12,14-15H2,1H3;1H/q+1;/p-1. The SMILES string of the molecule is CCOC(=O)C[n+]1cccc(C(=O)OCCOCc2ccccc2)c1.[Br-]. The van der Waals surface area contributed by atoms with Crippen molar-refractivity contribution in [3.8, 4) is 0 Å². The highest BCUT2D eigenvalue weighted by atomic mass is 79.9. The molecule has 0 amide bonds. The number of carbonyl (C=O) groups excluding carboxylic acids is 2. The van der Waals surface area contributed by atoms with E-state index < -0.39 is 5.97 Å². The van der Waals surface area contributed by atoms with E-state index in [1.807, 2.05) is 30.3 Å².